The highest BCUT2D eigenvalue weighted by Crippen LogP contribution is 2.38. The van der Waals surface area contributed by atoms with Gasteiger partial charge in [-0.05, 0) is 49.7 Å². The molecule has 1 aromatic carbocycles. The summed E-state index contributed by atoms with van der Waals surface area (Å²) in [6.07, 6.45) is 5.61. The highest BCUT2D eigenvalue weighted by atomic mass is 16.5. The van der Waals surface area contributed by atoms with Crippen molar-refractivity contribution in [2.45, 2.75) is 12.8 Å². The Labute approximate surface area is 227 Å². The lowest BCUT2D eigenvalue weighted by atomic mass is 10.0. The fraction of sp³-hybridized carbons (Fsp3) is 0.333. The van der Waals surface area contributed by atoms with Gasteiger partial charge in [-0.15, -0.1) is 0 Å². The van der Waals surface area contributed by atoms with Crippen molar-refractivity contribution < 1.29 is 13.9 Å². The molecular weight excluding hydrogens is 492 g/mol. The van der Waals surface area contributed by atoms with Gasteiger partial charge in [0.25, 0.3) is 5.91 Å². The average Bonchev–Trinajstić information content (AvgIpc) is 3.67. The van der Waals surface area contributed by atoms with Crippen molar-refractivity contribution in [1.82, 2.24) is 19.8 Å². The van der Waals surface area contributed by atoms with Crippen LogP contribution < -0.4 is 9.64 Å². The number of piperazine rings is 1. The maximum absolute atomic E-state index is 13.1. The van der Waals surface area contributed by atoms with Crippen LogP contribution >= 0.6 is 0 Å². The molecule has 3 aromatic heterocycles. The Morgan fingerprint density at radius 2 is 1.82 bits per heavy atom. The number of methoxy groups -OCH3 is 1. The van der Waals surface area contributed by atoms with Crippen LogP contribution in [-0.4, -0.2) is 79.1 Å². The molecule has 0 atom stereocenters. The average molecular weight is 523 g/mol. The summed E-state index contributed by atoms with van der Waals surface area (Å²) in [5.41, 5.74) is 5.61. The van der Waals surface area contributed by atoms with E-state index in [2.05, 4.69) is 32.9 Å². The summed E-state index contributed by atoms with van der Waals surface area (Å²) in [7, 11) is 3.61. The maximum atomic E-state index is 13.1. The van der Waals surface area contributed by atoms with Gasteiger partial charge in [-0.25, -0.2) is 4.98 Å². The second kappa shape index (κ2) is 10.4. The first-order valence-corrected chi connectivity index (χ1v) is 13.3. The summed E-state index contributed by atoms with van der Waals surface area (Å²) in [5, 5.41) is 9.87. The van der Waals surface area contributed by atoms with Gasteiger partial charge in [0.2, 0.25) is 0 Å². The first-order valence-electron chi connectivity index (χ1n) is 13.3. The fourth-order valence-corrected chi connectivity index (χ4v) is 5.40. The first-order chi connectivity index (χ1) is 19.1. The lowest BCUT2D eigenvalue weighted by Crippen LogP contribution is -2.47. The number of nitrogens with zero attached hydrogens (tertiary/aromatic N) is 6. The van der Waals surface area contributed by atoms with Gasteiger partial charge in [-0.2, -0.15) is 5.26 Å². The first kappa shape index (κ1) is 24.9. The number of furan rings is 1. The van der Waals surface area contributed by atoms with Crippen LogP contribution in [0.2, 0.25) is 0 Å². The summed E-state index contributed by atoms with van der Waals surface area (Å²) in [6, 6.07) is 13.8. The standard InChI is InChI=1S/C30H30N6O3/c1-34-11-13-36(14-12-34)30(37)22-16-26(38-2)28(33-19-22)27-17-24-29(39-27)23(7-8-32-24)20-5-6-25(21(15-20)18-31)35-9-3-4-10-35/h5-8,15-17,19H,3-4,9-14H2,1-2H3. The van der Waals surface area contributed by atoms with Crippen LogP contribution in [0, 0.1) is 11.3 Å². The number of aromatic nitrogens is 2. The number of anilines is 1. The van der Waals surface area contributed by atoms with Gasteiger partial charge >= 0.3 is 0 Å². The molecule has 0 unspecified atom stereocenters. The molecule has 0 saturated carbocycles. The molecule has 5 heterocycles. The highest BCUT2D eigenvalue weighted by molar-refractivity contribution is 5.96. The van der Waals surface area contributed by atoms with Gasteiger partial charge in [-0.3, -0.25) is 9.78 Å². The lowest BCUT2D eigenvalue weighted by molar-refractivity contribution is 0.0663. The van der Waals surface area contributed by atoms with E-state index >= 15 is 0 Å². The summed E-state index contributed by atoms with van der Waals surface area (Å²) in [4.78, 5) is 28.5. The monoisotopic (exact) mass is 522 g/mol. The number of nitriles is 1. The molecule has 0 aliphatic carbocycles. The number of amides is 1. The molecule has 1 amide bonds. The molecule has 0 N–H and O–H groups in total. The SMILES string of the molecule is COc1cc(C(=O)N2CCN(C)CC2)cnc1-c1cc2nccc(-c3ccc(N4CCCC4)c(C#N)c3)c2o1. The molecule has 6 rings (SSSR count). The Morgan fingerprint density at radius 3 is 2.56 bits per heavy atom. The predicted octanol–water partition coefficient (Wildman–Crippen LogP) is 4.42. The van der Waals surface area contributed by atoms with E-state index in [4.69, 9.17) is 9.15 Å². The molecule has 2 aliphatic heterocycles. The third kappa shape index (κ3) is 4.68. The summed E-state index contributed by atoms with van der Waals surface area (Å²) in [6.45, 7) is 5.01. The van der Waals surface area contributed by atoms with Gasteiger partial charge < -0.3 is 23.9 Å². The van der Waals surface area contributed by atoms with Crippen LogP contribution in [0.1, 0.15) is 28.8 Å². The van der Waals surface area contributed by atoms with Crippen molar-refractivity contribution in [1.29, 1.82) is 5.26 Å². The Hall–Kier alpha value is -4.42. The molecule has 0 spiro atoms. The molecule has 39 heavy (non-hydrogen) atoms. The Kier molecular flexibility index (Phi) is 6.63. The lowest BCUT2D eigenvalue weighted by Gasteiger charge is -2.32. The predicted molar refractivity (Wildman–Crippen MR) is 149 cm³/mol. The summed E-state index contributed by atoms with van der Waals surface area (Å²) >= 11 is 0. The fourth-order valence-electron chi connectivity index (χ4n) is 5.40. The number of fused-ring (bicyclic) bond motifs is 1. The van der Waals surface area contributed by atoms with E-state index in [-0.39, 0.29) is 5.91 Å². The minimum absolute atomic E-state index is 0.0558. The number of hydrogen-bond donors (Lipinski definition) is 0. The largest absolute Gasteiger partial charge is 0.494 e. The van der Waals surface area contributed by atoms with E-state index in [1.165, 1.54) is 0 Å². The molecule has 0 radical (unpaired) electrons. The molecule has 2 fully saturated rings. The van der Waals surface area contributed by atoms with Crippen LogP contribution in [0.4, 0.5) is 5.69 Å². The van der Waals surface area contributed by atoms with Crippen molar-refractivity contribution in [3.63, 3.8) is 0 Å². The number of pyridine rings is 2. The van der Waals surface area contributed by atoms with Gasteiger partial charge in [0.15, 0.2) is 11.3 Å². The zero-order valence-corrected chi connectivity index (χ0v) is 22.2. The number of carbonyl (C=O) groups is 1. The van der Waals surface area contributed by atoms with E-state index in [9.17, 15) is 10.1 Å². The number of ether oxygens (including phenoxy) is 1. The van der Waals surface area contributed by atoms with E-state index in [1.54, 1.807) is 25.6 Å². The van der Waals surface area contributed by atoms with Gasteiger partial charge in [0.05, 0.1) is 23.9 Å². The Bertz CT molecular complexity index is 1580. The normalized spacial score (nSPS) is 16.0. The van der Waals surface area contributed by atoms with Crippen LogP contribution in [0.25, 0.3) is 33.7 Å². The van der Waals surface area contributed by atoms with Crippen LogP contribution in [0.15, 0.2) is 53.2 Å². The smallest absolute Gasteiger partial charge is 0.255 e. The molecule has 9 heteroatoms. The second-order valence-electron chi connectivity index (χ2n) is 10.1. The van der Waals surface area contributed by atoms with E-state index in [1.807, 2.05) is 35.2 Å². The van der Waals surface area contributed by atoms with Crippen molar-refractivity contribution in [3.05, 3.63) is 59.9 Å². The third-order valence-electron chi connectivity index (χ3n) is 7.63. The number of likely N-dealkylation sites (N-methyl/N-ethyl adjacent to an activating group) is 1. The number of hydrogen-bond acceptors (Lipinski definition) is 8. The third-order valence-corrected chi connectivity index (χ3v) is 7.63. The van der Waals surface area contributed by atoms with E-state index in [0.29, 0.717) is 52.5 Å². The summed E-state index contributed by atoms with van der Waals surface area (Å²) < 4.78 is 12.0. The zero-order chi connectivity index (χ0) is 26.9. The minimum atomic E-state index is -0.0558. The minimum Gasteiger partial charge on any atom is -0.494 e. The van der Waals surface area contributed by atoms with Gasteiger partial charge in [-0.1, -0.05) is 6.07 Å². The van der Waals surface area contributed by atoms with Crippen molar-refractivity contribution in [2.24, 2.45) is 0 Å². The number of rotatable bonds is 5. The molecule has 2 saturated heterocycles. The van der Waals surface area contributed by atoms with Crippen molar-refractivity contribution >= 4 is 22.7 Å². The van der Waals surface area contributed by atoms with Crippen LogP contribution in [0.3, 0.4) is 0 Å². The molecule has 4 aromatic rings. The molecule has 0 bridgehead atoms. The zero-order valence-electron chi connectivity index (χ0n) is 22.2. The molecule has 198 valence electrons. The van der Waals surface area contributed by atoms with Crippen molar-refractivity contribution in [2.75, 3.05) is 58.3 Å². The van der Waals surface area contributed by atoms with Crippen LogP contribution in [0.5, 0.6) is 5.75 Å². The summed E-state index contributed by atoms with van der Waals surface area (Å²) in [5.74, 6) is 0.895. The maximum Gasteiger partial charge on any atom is 0.255 e. The van der Waals surface area contributed by atoms with Gasteiger partial charge in [0.1, 0.15) is 23.0 Å². The van der Waals surface area contributed by atoms with Gasteiger partial charge in [0, 0.05) is 63.3 Å². The van der Waals surface area contributed by atoms with Crippen molar-refractivity contribution in [3.8, 4) is 34.4 Å². The van der Waals surface area contributed by atoms with E-state index in [0.717, 1.165) is 55.8 Å². The Balaban J connectivity index is 1.34. The second-order valence-corrected chi connectivity index (χ2v) is 10.1. The topological polar surface area (TPSA) is 98.7 Å². The highest BCUT2D eigenvalue weighted by Gasteiger charge is 2.24. The quantitative estimate of drug-likeness (QED) is 0.380. The Morgan fingerprint density at radius 1 is 1.03 bits per heavy atom. The number of benzene rings is 1. The molecular formula is C30H30N6O3. The molecule has 2 aliphatic rings. The van der Waals surface area contributed by atoms with E-state index < -0.39 is 0 Å². The number of carbonyl (C=O) groups excluding carboxylic acids is 1. The molecule has 9 nitrogen and oxygen atoms in total. The van der Waals surface area contributed by atoms with Crippen LogP contribution in [-0.2, 0) is 0 Å².